The number of nitrogens with zero attached hydrogens (tertiary/aromatic N) is 2. The zero-order valence-electron chi connectivity index (χ0n) is 18.6. The number of anilines is 1. The van der Waals surface area contributed by atoms with Crippen molar-refractivity contribution in [2.45, 2.75) is 17.9 Å². The van der Waals surface area contributed by atoms with Gasteiger partial charge in [0.25, 0.3) is 5.91 Å². The molecule has 1 aliphatic rings. The van der Waals surface area contributed by atoms with Crippen LogP contribution in [-0.2, 0) is 23.0 Å². The van der Waals surface area contributed by atoms with Gasteiger partial charge in [-0.05, 0) is 53.3 Å². The number of carbonyl (C=O) groups is 1. The summed E-state index contributed by atoms with van der Waals surface area (Å²) in [4.78, 5) is 17.6. The lowest BCUT2D eigenvalue weighted by Gasteiger charge is -2.28. The van der Waals surface area contributed by atoms with Gasteiger partial charge in [0.2, 0.25) is 10.0 Å². The first-order chi connectivity index (χ1) is 17.0. The predicted molar refractivity (Wildman–Crippen MR) is 139 cm³/mol. The van der Waals surface area contributed by atoms with Crippen LogP contribution in [0.15, 0.2) is 89.8 Å². The first-order valence-electron chi connectivity index (χ1n) is 11.3. The number of thiazole rings is 1. The van der Waals surface area contributed by atoms with Crippen molar-refractivity contribution in [2.24, 2.45) is 0 Å². The van der Waals surface area contributed by atoms with Gasteiger partial charge in [0.15, 0.2) is 5.13 Å². The van der Waals surface area contributed by atoms with Crippen LogP contribution in [0.1, 0.15) is 21.5 Å². The first kappa shape index (κ1) is 21.9. The highest BCUT2D eigenvalue weighted by Gasteiger charge is 2.28. The number of amides is 1. The molecule has 0 atom stereocenters. The third-order valence-electron chi connectivity index (χ3n) is 6.35. The molecular formula is C27H21N3O3S2. The maximum atomic E-state index is 13.2. The van der Waals surface area contributed by atoms with E-state index in [1.165, 1.54) is 33.3 Å². The Bertz CT molecular complexity index is 1690. The number of aromatic nitrogens is 1. The van der Waals surface area contributed by atoms with E-state index in [-0.39, 0.29) is 10.8 Å². The molecule has 0 spiro atoms. The molecule has 8 heteroatoms. The van der Waals surface area contributed by atoms with Gasteiger partial charge in [-0.2, -0.15) is 4.31 Å². The van der Waals surface area contributed by atoms with Gasteiger partial charge >= 0.3 is 0 Å². The SMILES string of the molecule is O=C(Nc1nc2ccc3ccccc3c2s1)c1ccc(S(=O)(=O)N2CCc3ccccc3C2)cc1. The van der Waals surface area contributed by atoms with Crippen LogP contribution in [0.3, 0.4) is 0 Å². The van der Waals surface area contributed by atoms with Gasteiger partial charge in [-0.25, -0.2) is 13.4 Å². The van der Waals surface area contributed by atoms with E-state index < -0.39 is 10.0 Å². The van der Waals surface area contributed by atoms with E-state index in [9.17, 15) is 13.2 Å². The van der Waals surface area contributed by atoms with Crippen LogP contribution in [0.25, 0.3) is 21.0 Å². The second-order valence-electron chi connectivity index (χ2n) is 8.49. The summed E-state index contributed by atoms with van der Waals surface area (Å²) in [6.07, 6.45) is 0.688. The fourth-order valence-corrected chi connectivity index (χ4v) is 6.89. The fourth-order valence-electron chi connectivity index (χ4n) is 4.48. The molecule has 1 aliphatic heterocycles. The maximum absolute atomic E-state index is 13.2. The molecular weight excluding hydrogens is 478 g/mol. The van der Waals surface area contributed by atoms with E-state index in [1.807, 2.05) is 60.7 Å². The van der Waals surface area contributed by atoms with Crippen LogP contribution in [-0.4, -0.2) is 30.2 Å². The van der Waals surface area contributed by atoms with Crippen molar-refractivity contribution in [3.05, 3.63) is 102 Å². The average molecular weight is 500 g/mol. The number of rotatable bonds is 4. The Kier molecular flexibility index (Phi) is 5.36. The van der Waals surface area contributed by atoms with Gasteiger partial charge in [0.1, 0.15) is 0 Å². The minimum Gasteiger partial charge on any atom is -0.298 e. The molecule has 6 nitrogen and oxygen atoms in total. The third kappa shape index (κ3) is 3.99. The van der Waals surface area contributed by atoms with Crippen LogP contribution in [0.2, 0.25) is 0 Å². The normalized spacial score (nSPS) is 14.2. The summed E-state index contributed by atoms with van der Waals surface area (Å²) >= 11 is 1.42. The summed E-state index contributed by atoms with van der Waals surface area (Å²) in [6.45, 7) is 0.793. The highest BCUT2D eigenvalue weighted by Crippen LogP contribution is 2.33. The lowest BCUT2D eigenvalue weighted by Crippen LogP contribution is -2.35. The Morgan fingerprint density at radius 2 is 1.63 bits per heavy atom. The Balaban J connectivity index is 1.21. The summed E-state index contributed by atoms with van der Waals surface area (Å²) in [5, 5.41) is 5.57. The lowest BCUT2D eigenvalue weighted by molar-refractivity contribution is 0.102. The van der Waals surface area contributed by atoms with Crippen molar-refractivity contribution in [3.8, 4) is 0 Å². The number of hydrogen-bond acceptors (Lipinski definition) is 5. The lowest BCUT2D eigenvalue weighted by atomic mass is 10.0. The van der Waals surface area contributed by atoms with E-state index in [0.29, 0.717) is 30.2 Å². The number of fused-ring (bicyclic) bond motifs is 4. The predicted octanol–water partition coefficient (Wildman–Crippen LogP) is 5.45. The zero-order chi connectivity index (χ0) is 24.0. The van der Waals surface area contributed by atoms with Gasteiger partial charge in [0.05, 0.1) is 15.1 Å². The first-order valence-corrected chi connectivity index (χ1v) is 13.5. The third-order valence-corrected chi connectivity index (χ3v) is 9.23. The topological polar surface area (TPSA) is 79.4 Å². The molecule has 1 aromatic heterocycles. The van der Waals surface area contributed by atoms with Gasteiger partial charge in [0, 0.05) is 24.0 Å². The molecule has 2 heterocycles. The number of benzene rings is 4. The second kappa shape index (κ2) is 8.57. The van der Waals surface area contributed by atoms with Crippen molar-refractivity contribution >= 4 is 53.4 Å². The van der Waals surface area contributed by atoms with Crippen molar-refractivity contribution in [3.63, 3.8) is 0 Å². The highest BCUT2D eigenvalue weighted by atomic mass is 32.2. The van der Waals surface area contributed by atoms with Crippen LogP contribution in [0.5, 0.6) is 0 Å². The molecule has 1 amide bonds. The van der Waals surface area contributed by atoms with Crippen molar-refractivity contribution in [1.82, 2.24) is 9.29 Å². The van der Waals surface area contributed by atoms with E-state index >= 15 is 0 Å². The molecule has 0 unspecified atom stereocenters. The quantitative estimate of drug-likeness (QED) is 0.357. The molecule has 0 bridgehead atoms. The smallest absolute Gasteiger partial charge is 0.257 e. The Hall–Kier alpha value is -3.59. The van der Waals surface area contributed by atoms with Gasteiger partial charge in [-0.15, -0.1) is 0 Å². The Morgan fingerprint density at radius 1 is 0.886 bits per heavy atom. The Labute approximate surface area is 206 Å². The molecule has 0 radical (unpaired) electrons. The highest BCUT2D eigenvalue weighted by molar-refractivity contribution is 7.89. The fraction of sp³-hybridized carbons (Fsp3) is 0.111. The molecule has 0 fully saturated rings. The average Bonchev–Trinajstić information content (AvgIpc) is 3.31. The number of carbonyl (C=O) groups excluding carboxylic acids is 1. The van der Waals surface area contributed by atoms with Gasteiger partial charge < -0.3 is 0 Å². The molecule has 0 aliphatic carbocycles. The molecule has 35 heavy (non-hydrogen) atoms. The summed E-state index contributed by atoms with van der Waals surface area (Å²) in [7, 11) is -3.65. The molecule has 4 aromatic carbocycles. The molecule has 174 valence electrons. The van der Waals surface area contributed by atoms with Gasteiger partial charge in [-0.1, -0.05) is 65.9 Å². The van der Waals surface area contributed by atoms with Crippen molar-refractivity contribution in [2.75, 3.05) is 11.9 Å². The van der Waals surface area contributed by atoms with E-state index in [2.05, 4.69) is 10.3 Å². The van der Waals surface area contributed by atoms with Crippen LogP contribution < -0.4 is 5.32 Å². The minimum atomic E-state index is -3.65. The van der Waals surface area contributed by atoms with Gasteiger partial charge in [-0.3, -0.25) is 10.1 Å². The summed E-state index contributed by atoms with van der Waals surface area (Å²) in [6, 6.07) is 26.0. The minimum absolute atomic E-state index is 0.180. The van der Waals surface area contributed by atoms with E-state index in [4.69, 9.17) is 0 Å². The standard InChI is InChI=1S/C27H21N3O3S2/c31-26(29-27-28-24-14-11-19-6-3-4-8-23(19)25(24)34-27)20-9-12-22(13-10-20)35(32,33)30-16-15-18-5-1-2-7-21(18)17-30/h1-14H,15-17H2,(H,28,29,31). The summed E-state index contributed by atoms with van der Waals surface area (Å²) in [5.41, 5.74) is 3.42. The zero-order valence-corrected chi connectivity index (χ0v) is 20.3. The van der Waals surface area contributed by atoms with Crippen LogP contribution in [0, 0.1) is 0 Å². The van der Waals surface area contributed by atoms with E-state index in [1.54, 1.807) is 12.1 Å². The maximum Gasteiger partial charge on any atom is 0.257 e. The van der Waals surface area contributed by atoms with Crippen molar-refractivity contribution in [1.29, 1.82) is 0 Å². The number of nitrogens with one attached hydrogen (secondary N) is 1. The van der Waals surface area contributed by atoms with Crippen LogP contribution >= 0.6 is 11.3 Å². The number of sulfonamides is 1. The molecule has 6 rings (SSSR count). The molecule has 1 N–H and O–H groups in total. The second-order valence-corrected chi connectivity index (χ2v) is 11.4. The molecule has 5 aromatic rings. The largest absolute Gasteiger partial charge is 0.298 e. The monoisotopic (exact) mass is 499 g/mol. The van der Waals surface area contributed by atoms with Crippen LogP contribution in [0.4, 0.5) is 5.13 Å². The van der Waals surface area contributed by atoms with Crippen molar-refractivity contribution < 1.29 is 13.2 Å². The molecule has 0 saturated heterocycles. The number of hydrogen-bond donors (Lipinski definition) is 1. The van der Waals surface area contributed by atoms with E-state index in [0.717, 1.165) is 26.6 Å². The summed E-state index contributed by atoms with van der Waals surface area (Å²) in [5.74, 6) is -0.329. The summed E-state index contributed by atoms with van der Waals surface area (Å²) < 4.78 is 28.9. The Morgan fingerprint density at radius 3 is 2.46 bits per heavy atom. The molecule has 0 saturated carbocycles.